The first-order valence-corrected chi connectivity index (χ1v) is 6.67. The maximum Gasteiger partial charge on any atom is 0.404 e. The smallest absolute Gasteiger partial charge is 0.404 e. The topological polar surface area (TPSA) is 107 Å². The van der Waals surface area contributed by atoms with Crippen molar-refractivity contribution in [3.05, 3.63) is 29.6 Å². The van der Waals surface area contributed by atoms with Gasteiger partial charge in [0.2, 0.25) is 0 Å². The summed E-state index contributed by atoms with van der Waals surface area (Å²) in [6.07, 6.45) is 0.851. The molecular weight excluding hydrogens is 274 g/mol. The van der Waals surface area contributed by atoms with Crippen molar-refractivity contribution < 1.29 is 19.4 Å². The van der Waals surface area contributed by atoms with Crippen molar-refractivity contribution in [1.82, 2.24) is 9.55 Å². The van der Waals surface area contributed by atoms with E-state index in [4.69, 9.17) is 15.6 Å². The van der Waals surface area contributed by atoms with Gasteiger partial charge in [0, 0.05) is 6.42 Å². The molecule has 0 aliphatic carbocycles. The second-order valence-electron chi connectivity index (χ2n) is 4.61. The van der Waals surface area contributed by atoms with E-state index in [0.717, 1.165) is 24.2 Å². The Kier molecular flexibility index (Phi) is 4.42. The Morgan fingerprint density at radius 2 is 2.19 bits per heavy atom. The van der Waals surface area contributed by atoms with Crippen molar-refractivity contribution >= 4 is 23.1 Å². The number of carbonyl (C=O) groups is 2. The molecule has 2 aromatic rings. The lowest BCUT2D eigenvalue weighted by Gasteiger charge is -2.08. The van der Waals surface area contributed by atoms with Gasteiger partial charge in [-0.1, -0.05) is 6.92 Å². The Morgan fingerprint density at radius 1 is 1.43 bits per heavy atom. The van der Waals surface area contributed by atoms with Crippen LogP contribution in [-0.2, 0) is 17.7 Å². The van der Waals surface area contributed by atoms with Gasteiger partial charge in [0.05, 0.1) is 23.1 Å². The van der Waals surface area contributed by atoms with Gasteiger partial charge in [-0.05, 0) is 24.6 Å². The SMILES string of the molecule is CCCc1nc2cc(C(=O)O)ccc2n1CCOC(N)=O. The fraction of sp³-hybridized carbons (Fsp3) is 0.357. The summed E-state index contributed by atoms with van der Waals surface area (Å²) in [5.74, 6) is -0.149. The van der Waals surface area contributed by atoms with Crippen LogP contribution in [0, 0.1) is 0 Å². The van der Waals surface area contributed by atoms with Crippen LogP contribution < -0.4 is 5.73 Å². The Morgan fingerprint density at radius 3 is 2.81 bits per heavy atom. The van der Waals surface area contributed by atoms with Crippen LogP contribution in [-0.4, -0.2) is 33.3 Å². The predicted molar refractivity (Wildman–Crippen MR) is 76.2 cm³/mol. The number of benzene rings is 1. The number of aromatic nitrogens is 2. The molecule has 0 radical (unpaired) electrons. The number of imidazole rings is 1. The number of amides is 1. The molecule has 0 aliphatic heterocycles. The molecule has 0 saturated heterocycles. The van der Waals surface area contributed by atoms with E-state index < -0.39 is 12.1 Å². The van der Waals surface area contributed by atoms with E-state index in [9.17, 15) is 9.59 Å². The monoisotopic (exact) mass is 291 g/mol. The van der Waals surface area contributed by atoms with Crippen LogP contribution in [0.15, 0.2) is 18.2 Å². The Bertz CT molecular complexity index is 678. The van der Waals surface area contributed by atoms with Gasteiger partial charge < -0.3 is 20.1 Å². The highest BCUT2D eigenvalue weighted by molar-refractivity contribution is 5.92. The van der Waals surface area contributed by atoms with Crippen LogP contribution in [0.2, 0.25) is 0 Å². The number of aryl methyl sites for hydroxylation is 1. The van der Waals surface area contributed by atoms with Gasteiger partial charge >= 0.3 is 12.1 Å². The number of carboxylic acids is 1. The number of nitrogens with zero attached hydrogens (tertiary/aromatic N) is 2. The second kappa shape index (κ2) is 6.25. The van der Waals surface area contributed by atoms with Gasteiger partial charge in [0.25, 0.3) is 0 Å². The summed E-state index contributed by atoms with van der Waals surface area (Å²) in [5, 5.41) is 9.02. The van der Waals surface area contributed by atoms with Crippen LogP contribution >= 0.6 is 0 Å². The van der Waals surface area contributed by atoms with Crippen LogP contribution in [0.25, 0.3) is 11.0 Å². The van der Waals surface area contributed by atoms with Crippen molar-refractivity contribution in [2.75, 3.05) is 6.61 Å². The molecule has 0 fully saturated rings. The Balaban J connectivity index is 2.37. The largest absolute Gasteiger partial charge is 0.478 e. The predicted octanol–water partition coefficient (Wildman–Crippen LogP) is 1.78. The fourth-order valence-electron chi connectivity index (χ4n) is 2.21. The molecule has 0 spiro atoms. The third-order valence-electron chi connectivity index (χ3n) is 3.11. The van der Waals surface area contributed by atoms with Gasteiger partial charge in [0.15, 0.2) is 0 Å². The third-order valence-corrected chi connectivity index (χ3v) is 3.11. The first-order valence-electron chi connectivity index (χ1n) is 6.67. The molecule has 0 atom stereocenters. The number of primary amides is 1. The summed E-state index contributed by atoms with van der Waals surface area (Å²) in [6.45, 7) is 2.62. The zero-order valence-corrected chi connectivity index (χ0v) is 11.7. The summed E-state index contributed by atoms with van der Waals surface area (Å²) < 4.78 is 6.68. The minimum absolute atomic E-state index is 0.151. The third kappa shape index (κ3) is 3.31. The first kappa shape index (κ1) is 14.8. The lowest BCUT2D eigenvalue weighted by molar-refractivity contribution is 0.0697. The molecule has 1 aromatic heterocycles. The summed E-state index contributed by atoms with van der Waals surface area (Å²) in [5.41, 5.74) is 6.58. The number of aromatic carboxylic acids is 1. The van der Waals surface area contributed by atoms with E-state index in [2.05, 4.69) is 4.98 Å². The van der Waals surface area contributed by atoms with Crippen molar-refractivity contribution in [2.45, 2.75) is 26.3 Å². The number of carbonyl (C=O) groups excluding carboxylic acids is 1. The standard InChI is InChI=1S/C14H17N3O4/c1-2-3-12-16-10-8-9(13(18)19)4-5-11(10)17(12)6-7-21-14(15)20/h4-5,8H,2-3,6-7H2,1H3,(H2,15,20)(H,18,19). The summed E-state index contributed by atoms with van der Waals surface area (Å²) in [7, 11) is 0. The van der Waals surface area contributed by atoms with Crippen molar-refractivity contribution in [2.24, 2.45) is 5.73 Å². The van der Waals surface area contributed by atoms with Crippen molar-refractivity contribution in [3.8, 4) is 0 Å². The van der Waals surface area contributed by atoms with E-state index in [1.807, 2.05) is 11.5 Å². The molecule has 112 valence electrons. The van der Waals surface area contributed by atoms with Gasteiger partial charge in [-0.25, -0.2) is 14.6 Å². The Labute approximate surface area is 121 Å². The molecule has 2 rings (SSSR count). The number of carboxylic acid groups (broad SMARTS) is 1. The molecular formula is C14H17N3O4. The number of nitrogens with two attached hydrogens (primary N) is 1. The minimum Gasteiger partial charge on any atom is -0.478 e. The molecule has 3 N–H and O–H groups in total. The van der Waals surface area contributed by atoms with Crippen molar-refractivity contribution in [3.63, 3.8) is 0 Å². The van der Waals surface area contributed by atoms with E-state index in [1.54, 1.807) is 12.1 Å². The second-order valence-corrected chi connectivity index (χ2v) is 4.61. The number of ether oxygens (including phenoxy) is 1. The maximum atomic E-state index is 11.0. The van der Waals surface area contributed by atoms with Gasteiger partial charge in [0.1, 0.15) is 12.4 Å². The van der Waals surface area contributed by atoms with Gasteiger partial charge in [-0.3, -0.25) is 0 Å². The highest BCUT2D eigenvalue weighted by atomic mass is 16.5. The van der Waals surface area contributed by atoms with Gasteiger partial charge in [-0.15, -0.1) is 0 Å². The number of hydrogen-bond donors (Lipinski definition) is 2. The quantitative estimate of drug-likeness (QED) is 0.843. The molecule has 7 nitrogen and oxygen atoms in total. The Hall–Kier alpha value is -2.57. The number of hydrogen-bond acceptors (Lipinski definition) is 4. The molecule has 0 aliphatic rings. The van der Waals surface area contributed by atoms with Crippen LogP contribution in [0.5, 0.6) is 0 Å². The van der Waals surface area contributed by atoms with E-state index >= 15 is 0 Å². The number of rotatable bonds is 6. The molecule has 0 bridgehead atoms. The fourth-order valence-corrected chi connectivity index (χ4v) is 2.21. The van der Waals surface area contributed by atoms with Crippen LogP contribution in [0.4, 0.5) is 4.79 Å². The van der Waals surface area contributed by atoms with E-state index in [-0.39, 0.29) is 12.2 Å². The van der Waals surface area contributed by atoms with Crippen molar-refractivity contribution in [1.29, 1.82) is 0 Å². The number of fused-ring (bicyclic) bond motifs is 1. The summed E-state index contributed by atoms with van der Waals surface area (Å²) >= 11 is 0. The molecule has 1 aromatic carbocycles. The zero-order chi connectivity index (χ0) is 15.4. The molecule has 0 unspecified atom stereocenters. The van der Waals surface area contributed by atoms with E-state index in [1.165, 1.54) is 6.07 Å². The van der Waals surface area contributed by atoms with Crippen LogP contribution in [0.1, 0.15) is 29.5 Å². The average molecular weight is 291 g/mol. The zero-order valence-electron chi connectivity index (χ0n) is 11.7. The highest BCUT2D eigenvalue weighted by Gasteiger charge is 2.13. The highest BCUT2D eigenvalue weighted by Crippen LogP contribution is 2.19. The summed E-state index contributed by atoms with van der Waals surface area (Å²) in [4.78, 5) is 26.1. The maximum absolute atomic E-state index is 11.0. The molecule has 7 heteroatoms. The molecule has 21 heavy (non-hydrogen) atoms. The van der Waals surface area contributed by atoms with Crippen LogP contribution in [0.3, 0.4) is 0 Å². The minimum atomic E-state index is -0.986. The molecule has 1 heterocycles. The normalized spacial score (nSPS) is 10.7. The lowest BCUT2D eigenvalue weighted by Crippen LogP contribution is -2.17. The molecule has 1 amide bonds. The average Bonchev–Trinajstić information content (AvgIpc) is 2.76. The molecule has 0 saturated carbocycles. The first-order chi connectivity index (χ1) is 10.0. The van der Waals surface area contributed by atoms with Gasteiger partial charge in [-0.2, -0.15) is 0 Å². The van der Waals surface area contributed by atoms with E-state index in [0.29, 0.717) is 12.1 Å². The lowest BCUT2D eigenvalue weighted by atomic mass is 10.2. The summed E-state index contributed by atoms with van der Waals surface area (Å²) in [6, 6.07) is 4.80.